The number of hydrogen-bond donors (Lipinski definition) is 1. The molecule has 0 unspecified atom stereocenters. The van der Waals surface area contributed by atoms with Crippen molar-refractivity contribution < 1.29 is 9.21 Å². The van der Waals surface area contributed by atoms with E-state index in [0.29, 0.717) is 12.3 Å². The van der Waals surface area contributed by atoms with E-state index in [-0.39, 0.29) is 12.5 Å². The van der Waals surface area contributed by atoms with Crippen molar-refractivity contribution in [3.8, 4) is 11.5 Å². The van der Waals surface area contributed by atoms with E-state index in [1.165, 1.54) is 0 Å². The summed E-state index contributed by atoms with van der Waals surface area (Å²) in [4.78, 5) is 16.5. The highest BCUT2D eigenvalue weighted by Gasteiger charge is 2.08. The van der Waals surface area contributed by atoms with Crippen LogP contribution in [0.4, 0.5) is 0 Å². The second-order valence-corrected chi connectivity index (χ2v) is 5.54. The number of para-hydroxylation sites is 1. The van der Waals surface area contributed by atoms with E-state index in [2.05, 4.69) is 20.6 Å². The third kappa shape index (κ3) is 3.25. The summed E-state index contributed by atoms with van der Waals surface area (Å²) in [5, 5.41) is 10.9. The molecule has 0 atom stereocenters. The summed E-state index contributed by atoms with van der Waals surface area (Å²) < 4.78 is 6.89. The van der Waals surface area contributed by atoms with Crippen LogP contribution in [-0.2, 0) is 17.9 Å². The van der Waals surface area contributed by atoms with Crippen molar-refractivity contribution in [1.29, 1.82) is 0 Å². The molecule has 0 radical (unpaired) electrons. The zero-order valence-electron chi connectivity index (χ0n) is 13.3. The second-order valence-electron chi connectivity index (χ2n) is 5.54. The van der Waals surface area contributed by atoms with Crippen LogP contribution in [0.2, 0.25) is 0 Å². The van der Waals surface area contributed by atoms with E-state index in [4.69, 9.17) is 4.42 Å². The number of fused-ring (bicyclic) bond motifs is 1. The first kappa shape index (κ1) is 15.1. The van der Waals surface area contributed by atoms with Crippen LogP contribution in [0.1, 0.15) is 5.56 Å². The number of benzene rings is 1. The summed E-state index contributed by atoms with van der Waals surface area (Å²) in [6.45, 7) is 0.523. The highest BCUT2D eigenvalue weighted by Crippen LogP contribution is 2.17. The van der Waals surface area contributed by atoms with Gasteiger partial charge in [-0.05, 0) is 35.9 Å². The van der Waals surface area contributed by atoms with Gasteiger partial charge in [-0.3, -0.25) is 9.78 Å². The number of carbonyl (C=O) groups excluding carboxylic acids is 1. The number of nitrogens with zero attached hydrogens (tertiary/aromatic N) is 4. The van der Waals surface area contributed by atoms with Crippen molar-refractivity contribution in [1.82, 2.24) is 25.3 Å². The fraction of sp³-hybridized carbons (Fsp3) is 0.111. The number of carbonyl (C=O) groups is 1. The van der Waals surface area contributed by atoms with E-state index >= 15 is 0 Å². The van der Waals surface area contributed by atoms with Crippen LogP contribution >= 0.6 is 0 Å². The molecule has 7 nitrogen and oxygen atoms in total. The number of hydrogen-bond acceptors (Lipinski definition) is 5. The Kier molecular flexibility index (Phi) is 3.96. The SMILES string of the molecule is O=C(Cn1nnc2ccccc21)NCc1ccc(-c2ccco2)nc1. The van der Waals surface area contributed by atoms with Gasteiger partial charge in [-0.2, -0.15) is 0 Å². The van der Waals surface area contributed by atoms with Gasteiger partial charge in [0.15, 0.2) is 5.76 Å². The summed E-state index contributed by atoms with van der Waals surface area (Å²) in [5.41, 5.74) is 3.27. The summed E-state index contributed by atoms with van der Waals surface area (Å²) in [6.07, 6.45) is 3.34. The predicted octanol–water partition coefficient (Wildman–Crippen LogP) is 2.40. The van der Waals surface area contributed by atoms with E-state index in [9.17, 15) is 4.79 Å². The van der Waals surface area contributed by atoms with Gasteiger partial charge in [0, 0.05) is 12.7 Å². The summed E-state index contributed by atoms with van der Waals surface area (Å²) in [7, 11) is 0. The van der Waals surface area contributed by atoms with E-state index in [1.807, 2.05) is 48.5 Å². The molecular weight excluding hydrogens is 318 g/mol. The molecule has 0 spiro atoms. The second kappa shape index (κ2) is 6.56. The fourth-order valence-corrected chi connectivity index (χ4v) is 2.53. The molecule has 4 rings (SSSR count). The molecule has 4 aromatic rings. The van der Waals surface area contributed by atoms with E-state index in [0.717, 1.165) is 22.3 Å². The topological polar surface area (TPSA) is 85.8 Å². The highest BCUT2D eigenvalue weighted by molar-refractivity contribution is 5.79. The largest absolute Gasteiger partial charge is 0.463 e. The average molecular weight is 333 g/mol. The van der Waals surface area contributed by atoms with Gasteiger partial charge in [-0.1, -0.05) is 23.4 Å². The van der Waals surface area contributed by atoms with Crippen molar-refractivity contribution in [3.05, 3.63) is 66.6 Å². The lowest BCUT2D eigenvalue weighted by atomic mass is 10.2. The predicted molar refractivity (Wildman–Crippen MR) is 91.3 cm³/mol. The van der Waals surface area contributed by atoms with Crippen molar-refractivity contribution in [2.45, 2.75) is 13.1 Å². The molecule has 7 heteroatoms. The van der Waals surface area contributed by atoms with Gasteiger partial charge in [-0.15, -0.1) is 5.10 Å². The first-order chi connectivity index (χ1) is 12.3. The van der Waals surface area contributed by atoms with Crippen LogP contribution in [0.5, 0.6) is 0 Å². The first-order valence-corrected chi connectivity index (χ1v) is 7.83. The summed E-state index contributed by atoms with van der Waals surface area (Å²) >= 11 is 0. The Morgan fingerprint density at radius 2 is 2.04 bits per heavy atom. The Bertz CT molecular complexity index is 990. The lowest BCUT2D eigenvalue weighted by molar-refractivity contribution is -0.121. The number of rotatable bonds is 5. The Morgan fingerprint density at radius 1 is 1.12 bits per heavy atom. The molecule has 3 heterocycles. The summed E-state index contributed by atoms with van der Waals surface area (Å²) in [5.74, 6) is 0.583. The van der Waals surface area contributed by atoms with Gasteiger partial charge >= 0.3 is 0 Å². The molecule has 0 saturated heterocycles. The molecule has 0 aliphatic carbocycles. The number of pyridine rings is 1. The van der Waals surface area contributed by atoms with Crippen LogP contribution in [0.15, 0.2) is 65.4 Å². The minimum atomic E-state index is -0.134. The fourth-order valence-electron chi connectivity index (χ4n) is 2.53. The first-order valence-electron chi connectivity index (χ1n) is 7.83. The van der Waals surface area contributed by atoms with Gasteiger partial charge in [-0.25, -0.2) is 4.68 Å². The van der Waals surface area contributed by atoms with Crippen molar-refractivity contribution >= 4 is 16.9 Å². The third-order valence-corrected chi connectivity index (χ3v) is 3.80. The Labute approximate surface area is 143 Å². The number of nitrogens with one attached hydrogen (secondary N) is 1. The van der Waals surface area contributed by atoms with Crippen molar-refractivity contribution in [2.24, 2.45) is 0 Å². The Morgan fingerprint density at radius 3 is 2.84 bits per heavy atom. The lowest BCUT2D eigenvalue weighted by Gasteiger charge is -2.06. The Hall–Kier alpha value is -3.48. The maximum absolute atomic E-state index is 12.1. The minimum absolute atomic E-state index is 0.123. The number of furan rings is 1. The molecule has 25 heavy (non-hydrogen) atoms. The van der Waals surface area contributed by atoms with Crippen molar-refractivity contribution in [2.75, 3.05) is 0 Å². The van der Waals surface area contributed by atoms with E-state index < -0.39 is 0 Å². The van der Waals surface area contributed by atoms with Crippen LogP contribution < -0.4 is 5.32 Å². The smallest absolute Gasteiger partial charge is 0.242 e. The number of aromatic nitrogens is 4. The van der Waals surface area contributed by atoms with Gasteiger partial charge in [0.2, 0.25) is 5.91 Å². The molecule has 0 bridgehead atoms. The Balaban J connectivity index is 1.37. The molecule has 1 N–H and O–H groups in total. The van der Waals surface area contributed by atoms with Gasteiger partial charge in [0.05, 0.1) is 11.8 Å². The van der Waals surface area contributed by atoms with Crippen LogP contribution in [-0.4, -0.2) is 25.9 Å². The molecule has 124 valence electrons. The normalized spacial score (nSPS) is 10.9. The summed E-state index contributed by atoms with van der Waals surface area (Å²) in [6, 6.07) is 15.0. The van der Waals surface area contributed by atoms with Gasteiger partial charge in [0.1, 0.15) is 17.8 Å². The molecule has 0 aliphatic heterocycles. The maximum atomic E-state index is 12.1. The average Bonchev–Trinajstić information content (AvgIpc) is 3.31. The molecule has 0 fully saturated rings. The van der Waals surface area contributed by atoms with Crippen LogP contribution in [0.3, 0.4) is 0 Å². The quantitative estimate of drug-likeness (QED) is 0.606. The zero-order chi connectivity index (χ0) is 17.1. The third-order valence-electron chi connectivity index (χ3n) is 3.80. The molecule has 0 saturated carbocycles. The molecule has 0 aliphatic rings. The van der Waals surface area contributed by atoms with E-state index in [1.54, 1.807) is 17.1 Å². The standard InChI is InChI=1S/C18H15N5O2/c24-18(12-23-16-5-2-1-4-14(16)21-22-23)20-11-13-7-8-15(19-10-13)17-6-3-9-25-17/h1-10H,11-12H2,(H,20,24). The molecule has 3 aromatic heterocycles. The lowest BCUT2D eigenvalue weighted by Crippen LogP contribution is -2.27. The van der Waals surface area contributed by atoms with Crippen molar-refractivity contribution in [3.63, 3.8) is 0 Å². The number of amides is 1. The monoisotopic (exact) mass is 333 g/mol. The minimum Gasteiger partial charge on any atom is -0.463 e. The van der Waals surface area contributed by atoms with Gasteiger partial charge < -0.3 is 9.73 Å². The highest BCUT2D eigenvalue weighted by atomic mass is 16.3. The molecular formula is C18H15N5O2. The molecule has 1 aromatic carbocycles. The maximum Gasteiger partial charge on any atom is 0.242 e. The van der Waals surface area contributed by atoms with Crippen LogP contribution in [0, 0.1) is 0 Å². The zero-order valence-corrected chi connectivity index (χ0v) is 13.3. The van der Waals surface area contributed by atoms with Gasteiger partial charge in [0.25, 0.3) is 0 Å². The van der Waals surface area contributed by atoms with Crippen LogP contribution in [0.25, 0.3) is 22.5 Å². The molecule has 1 amide bonds.